The van der Waals surface area contributed by atoms with Gasteiger partial charge in [0.1, 0.15) is 0 Å². The number of benzene rings is 2. The first-order valence-electron chi connectivity index (χ1n) is 8.52. The Bertz CT molecular complexity index is 831. The number of nitrogens with one attached hydrogen (secondary N) is 2. The maximum atomic E-state index is 12.5. The first kappa shape index (κ1) is 18.7. The molecule has 1 fully saturated rings. The summed E-state index contributed by atoms with van der Waals surface area (Å²) in [5.41, 5.74) is 2.42. The maximum Gasteiger partial charge on any atom is 0.228 e. The molecule has 2 atom stereocenters. The van der Waals surface area contributed by atoms with E-state index in [1.807, 2.05) is 24.3 Å². The zero-order chi connectivity index (χ0) is 18.8. The van der Waals surface area contributed by atoms with Crippen molar-refractivity contribution in [2.75, 3.05) is 10.6 Å². The molecular weight excluding hydrogens is 371 g/mol. The summed E-state index contributed by atoms with van der Waals surface area (Å²) in [6.07, 6.45) is 0.538. The van der Waals surface area contributed by atoms with Gasteiger partial charge in [0.2, 0.25) is 11.8 Å². The zero-order valence-corrected chi connectivity index (χ0v) is 16.1. The van der Waals surface area contributed by atoms with Gasteiger partial charge < -0.3 is 10.6 Å². The molecule has 0 heterocycles. The lowest BCUT2D eigenvalue weighted by atomic mass is 10.0. The molecule has 2 aromatic rings. The Morgan fingerprint density at radius 3 is 2.15 bits per heavy atom. The molecule has 0 aliphatic heterocycles. The number of hydrogen-bond acceptors (Lipinski definition) is 2. The molecule has 2 N–H and O–H groups in total. The van der Waals surface area contributed by atoms with E-state index in [9.17, 15) is 9.59 Å². The molecule has 0 aromatic heterocycles. The van der Waals surface area contributed by atoms with Crippen molar-refractivity contribution in [2.24, 2.45) is 11.8 Å². The number of anilines is 2. The van der Waals surface area contributed by atoms with Crippen LogP contribution in [0.1, 0.15) is 31.7 Å². The number of hydrogen-bond donors (Lipinski definition) is 2. The number of carbonyl (C=O) groups excluding carboxylic acids is 2. The predicted octanol–water partition coefficient (Wildman–Crippen LogP) is 5.33. The average molecular weight is 391 g/mol. The second-order valence-corrected chi connectivity index (χ2v) is 7.70. The SMILES string of the molecule is CC(C)c1ccccc1NC(=O)C1CC1C(=O)Nc1cc(Cl)cc(Cl)c1. The van der Waals surface area contributed by atoms with Crippen LogP contribution in [0, 0.1) is 11.8 Å². The van der Waals surface area contributed by atoms with Crippen LogP contribution >= 0.6 is 23.2 Å². The van der Waals surface area contributed by atoms with Crippen LogP contribution in [0.5, 0.6) is 0 Å². The first-order chi connectivity index (χ1) is 12.3. The van der Waals surface area contributed by atoms with Crippen molar-refractivity contribution in [3.05, 3.63) is 58.1 Å². The zero-order valence-electron chi connectivity index (χ0n) is 14.6. The van der Waals surface area contributed by atoms with Gasteiger partial charge in [-0.3, -0.25) is 9.59 Å². The van der Waals surface area contributed by atoms with Gasteiger partial charge in [0, 0.05) is 21.4 Å². The van der Waals surface area contributed by atoms with Crippen molar-refractivity contribution < 1.29 is 9.59 Å². The summed E-state index contributed by atoms with van der Waals surface area (Å²) >= 11 is 11.9. The number of para-hydroxylation sites is 1. The third-order valence-corrected chi connectivity index (χ3v) is 4.87. The maximum absolute atomic E-state index is 12.5. The van der Waals surface area contributed by atoms with Crippen LogP contribution < -0.4 is 10.6 Å². The fourth-order valence-corrected chi connectivity index (χ4v) is 3.50. The van der Waals surface area contributed by atoms with Gasteiger partial charge in [0.25, 0.3) is 0 Å². The minimum atomic E-state index is -0.334. The Labute approximate surface area is 162 Å². The van der Waals surface area contributed by atoms with Crippen molar-refractivity contribution in [3.63, 3.8) is 0 Å². The molecule has 3 rings (SSSR count). The number of rotatable bonds is 5. The minimum Gasteiger partial charge on any atom is -0.326 e. The fraction of sp³-hybridized carbons (Fsp3) is 0.300. The second kappa shape index (κ2) is 7.68. The molecule has 0 radical (unpaired) electrons. The van der Waals surface area contributed by atoms with Crippen molar-refractivity contribution in [3.8, 4) is 0 Å². The Morgan fingerprint density at radius 2 is 1.54 bits per heavy atom. The van der Waals surface area contributed by atoms with Crippen molar-refractivity contribution >= 4 is 46.4 Å². The van der Waals surface area contributed by atoms with Crippen LogP contribution in [0.15, 0.2) is 42.5 Å². The van der Waals surface area contributed by atoms with Gasteiger partial charge in [0.05, 0.1) is 11.8 Å². The van der Waals surface area contributed by atoms with Crippen LogP contribution in [0.4, 0.5) is 11.4 Å². The molecule has 2 unspecified atom stereocenters. The molecule has 136 valence electrons. The van der Waals surface area contributed by atoms with Crippen LogP contribution in [-0.2, 0) is 9.59 Å². The predicted molar refractivity (Wildman–Crippen MR) is 106 cm³/mol. The van der Waals surface area contributed by atoms with E-state index in [1.54, 1.807) is 18.2 Å². The summed E-state index contributed by atoms with van der Waals surface area (Å²) in [5, 5.41) is 6.63. The quantitative estimate of drug-likeness (QED) is 0.724. The molecule has 4 nitrogen and oxygen atoms in total. The van der Waals surface area contributed by atoms with E-state index in [4.69, 9.17) is 23.2 Å². The van der Waals surface area contributed by atoms with Crippen LogP contribution in [0.3, 0.4) is 0 Å². The summed E-state index contributed by atoms with van der Waals surface area (Å²) < 4.78 is 0. The minimum absolute atomic E-state index is 0.123. The van der Waals surface area contributed by atoms with E-state index in [-0.39, 0.29) is 23.7 Å². The van der Waals surface area contributed by atoms with Gasteiger partial charge in [-0.2, -0.15) is 0 Å². The van der Waals surface area contributed by atoms with Gasteiger partial charge in [-0.25, -0.2) is 0 Å². The van der Waals surface area contributed by atoms with Gasteiger partial charge >= 0.3 is 0 Å². The molecule has 1 aliphatic rings. The molecule has 1 saturated carbocycles. The standard InChI is InChI=1S/C20H20Cl2N2O2/c1-11(2)15-5-3-4-6-18(15)24-20(26)17-10-16(17)19(25)23-14-8-12(21)7-13(22)9-14/h3-9,11,16-17H,10H2,1-2H3,(H,23,25)(H,24,26). The van der Waals surface area contributed by atoms with E-state index < -0.39 is 0 Å². The fourth-order valence-electron chi connectivity index (χ4n) is 2.98. The van der Waals surface area contributed by atoms with E-state index >= 15 is 0 Å². The summed E-state index contributed by atoms with van der Waals surface area (Å²) in [6.45, 7) is 4.16. The highest BCUT2D eigenvalue weighted by Crippen LogP contribution is 2.41. The number of amides is 2. The highest BCUT2D eigenvalue weighted by molar-refractivity contribution is 6.35. The lowest BCUT2D eigenvalue weighted by Gasteiger charge is -2.13. The van der Waals surface area contributed by atoms with E-state index in [1.165, 1.54) is 0 Å². The third kappa shape index (κ3) is 4.37. The smallest absolute Gasteiger partial charge is 0.228 e. The largest absolute Gasteiger partial charge is 0.326 e. The van der Waals surface area contributed by atoms with E-state index in [0.717, 1.165) is 11.3 Å². The Kier molecular flexibility index (Phi) is 5.54. The molecule has 6 heteroatoms. The first-order valence-corrected chi connectivity index (χ1v) is 9.27. The van der Waals surface area contributed by atoms with Gasteiger partial charge in [0.15, 0.2) is 0 Å². The van der Waals surface area contributed by atoms with Gasteiger partial charge in [-0.15, -0.1) is 0 Å². The number of carbonyl (C=O) groups is 2. The van der Waals surface area contributed by atoms with Crippen molar-refractivity contribution in [1.29, 1.82) is 0 Å². The Balaban J connectivity index is 1.61. The lowest BCUT2D eigenvalue weighted by Crippen LogP contribution is -2.21. The van der Waals surface area contributed by atoms with Gasteiger partial charge in [-0.1, -0.05) is 55.2 Å². The molecule has 0 spiro atoms. The molecule has 26 heavy (non-hydrogen) atoms. The molecule has 1 aliphatic carbocycles. The van der Waals surface area contributed by atoms with Crippen molar-refractivity contribution in [2.45, 2.75) is 26.2 Å². The molecular formula is C20H20Cl2N2O2. The summed E-state index contributed by atoms with van der Waals surface area (Å²) in [4.78, 5) is 24.9. The highest BCUT2D eigenvalue weighted by Gasteiger charge is 2.48. The average Bonchev–Trinajstić information content (AvgIpc) is 3.35. The monoisotopic (exact) mass is 390 g/mol. The van der Waals surface area contributed by atoms with E-state index in [2.05, 4.69) is 24.5 Å². The lowest BCUT2D eigenvalue weighted by molar-refractivity contribution is -0.122. The highest BCUT2D eigenvalue weighted by atomic mass is 35.5. The van der Waals surface area contributed by atoms with Gasteiger partial charge in [-0.05, 0) is 42.2 Å². The topological polar surface area (TPSA) is 58.2 Å². The summed E-state index contributed by atoms with van der Waals surface area (Å²) in [5.74, 6) is -0.663. The second-order valence-electron chi connectivity index (χ2n) is 6.83. The molecule has 0 bridgehead atoms. The Hall–Kier alpha value is -2.04. The van der Waals surface area contributed by atoms with E-state index in [0.29, 0.717) is 28.1 Å². The Morgan fingerprint density at radius 1 is 0.962 bits per heavy atom. The normalized spacial score (nSPS) is 18.5. The molecule has 2 aromatic carbocycles. The van der Waals surface area contributed by atoms with Crippen LogP contribution in [0.25, 0.3) is 0 Å². The van der Waals surface area contributed by atoms with Crippen LogP contribution in [0.2, 0.25) is 10.0 Å². The summed E-state index contributed by atoms with van der Waals surface area (Å²) in [7, 11) is 0. The van der Waals surface area contributed by atoms with Crippen molar-refractivity contribution in [1.82, 2.24) is 0 Å². The summed E-state index contributed by atoms with van der Waals surface area (Å²) in [6, 6.07) is 12.6. The van der Waals surface area contributed by atoms with Crippen LogP contribution in [-0.4, -0.2) is 11.8 Å². The number of halogens is 2. The molecule has 0 saturated heterocycles. The third-order valence-electron chi connectivity index (χ3n) is 4.43. The molecule has 2 amide bonds.